The van der Waals surface area contributed by atoms with Gasteiger partial charge >= 0.3 is 0 Å². The molecule has 2 heterocycles. The van der Waals surface area contributed by atoms with Crippen LogP contribution in [0.15, 0.2) is 15.2 Å². The van der Waals surface area contributed by atoms with Crippen LogP contribution in [-0.2, 0) is 6.54 Å². The molecule has 1 aromatic heterocycles. The molecule has 0 bridgehead atoms. The van der Waals surface area contributed by atoms with Crippen molar-refractivity contribution in [2.24, 2.45) is 5.73 Å². The van der Waals surface area contributed by atoms with E-state index in [1.165, 1.54) is 28.7 Å². The van der Waals surface area contributed by atoms with E-state index in [1.54, 1.807) is 11.3 Å². The highest BCUT2D eigenvalue weighted by Crippen LogP contribution is 2.24. The molecule has 2 nitrogen and oxygen atoms in total. The van der Waals surface area contributed by atoms with Gasteiger partial charge in [-0.2, -0.15) is 0 Å². The van der Waals surface area contributed by atoms with Crippen LogP contribution in [-0.4, -0.2) is 24.0 Å². The van der Waals surface area contributed by atoms with E-state index in [1.807, 2.05) is 0 Å². The first-order valence-electron chi connectivity index (χ1n) is 4.96. The largest absolute Gasteiger partial charge is 0.329 e. The van der Waals surface area contributed by atoms with Gasteiger partial charge in [0, 0.05) is 19.1 Å². The third-order valence-corrected chi connectivity index (χ3v) is 4.33. The van der Waals surface area contributed by atoms with E-state index >= 15 is 0 Å². The maximum atomic E-state index is 5.73. The lowest BCUT2D eigenvalue weighted by Gasteiger charge is -2.22. The van der Waals surface area contributed by atoms with Crippen LogP contribution in [0.25, 0.3) is 0 Å². The van der Waals surface area contributed by atoms with Gasteiger partial charge in [-0.05, 0) is 52.3 Å². The minimum absolute atomic E-state index is 0.605. The van der Waals surface area contributed by atoms with Crippen molar-refractivity contribution in [2.75, 3.05) is 13.1 Å². The van der Waals surface area contributed by atoms with Gasteiger partial charge in [0.15, 0.2) is 0 Å². The summed E-state index contributed by atoms with van der Waals surface area (Å²) in [6, 6.07) is 2.81. The Hall–Kier alpha value is 0.100. The highest BCUT2D eigenvalue weighted by atomic mass is 79.9. The number of hydrogen-bond donors (Lipinski definition) is 1. The molecule has 1 atom stereocenters. The van der Waals surface area contributed by atoms with E-state index in [-0.39, 0.29) is 0 Å². The van der Waals surface area contributed by atoms with Crippen molar-refractivity contribution in [3.05, 3.63) is 20.8 Å². The third-order valence-electron chi connectivity index (χ3n) is 2.78. The topological polar surface area (TPSA) is 29.3 Å². The van der Waals surface area contributed by atoms with Crippen molar-refractivity contribution in [1.82, 2.24) is 4.90 Å². The Balaban J connectivity index is 1.96. The highest BCUT2D eigenvalue weighted by molar-refractivity contribution is 9.11. The summed E-state index contributed by atoms with van der Waals surface area (Å²) in [7, 11) is 0. The predicted octanol–water partition coefficient (Wildman–Crippen LogP) is 2.43. The van der Waals surface area contributed by atoms with Gasteiger partial charge in [-0.1, -0.05) is 0 Å². The average molecular weight is 275 g/mol. The Morgan fingerprint density at radius 2 is 2.50 bits per heavy atom. The summed E-state index contributed by atoms with van der Waals surface area (Å²) in [5.74, 6) is 0. The zero-order chi connectivity index (χ0) is 9.97. The van der Waals surface area contributed by atoms with Crippen molar-refractivity contribution < 1.29 is 0 Å². The number of rotatable bonds is 3. The minimum Gasteiger partial charge on any atom is -0.329 e. The van der Waals surface area contributed by atoms with Gasteiger partial charge < -0.3 is 5.73 Å². The molecule has 1 saturated heterocycles. The molecule has 0 saturated carbocycles. The lowest BCUT2D eigenvalue weighted by molar-refractivity contribution is 0.250. The van der Waals surface area contributed by atoms with Gasteiger partial charge in [-0.25, -0.2) is 0 Å². The fourth-order valence-electron chi connectivity index (χ4n) is 2.03. The van der Waals surface area contributed by atoms with Gasteiger partial charge in [-0.3, -0.25) is 4.90 Å². The molecule has 1 unspecified atom stereocenters. The Morgan fingerprint density at radius 1 is 1.64 bits per heavy atom. The summed E-state index contributed by atoms with van der Waals surface area (Å²) in [5.41, 5.74) is 7.14. The van der Waals surface area contributed by atoms with Crippen LogP contribution < -0.4 is 5.73 Å². The van der Waals surface area contributed by atoms with E-state index in [0.717, 1.165) is 13.1 Å². The molecule has 0 aliphatic carbocycles. The monoisotopic (exact) mass is 274 g/mol. The van der Waals surface area contributed by atoms with Crippen molar-refractivity contribution in [3.63, 3.8) is 0 Å². The third kappa shape index (κ3) is 2.37. The molecule has 0 amide bonds. The number of nitrogens with zero attached hydrogens (tertiary/aromatic N) is 1. The number of thiophene rings is 1. The second kappa shape index (κ2) is 4.75. The molecule has 2 N–H and O–H groups in total. The summed E-state index contributed by atoms with van der Waals surface area (Å²) >= 11 is 5.24. The second-order valence-corrected chi connectivity index (χ2v) is 6.05. The van der Waals surface area contributed by atoms with Crippen molar-refractivity contribution in [2.45, 2.75) is 25.4 Å². The van der Waals surface area contributed by atoms with Crippen LogP contribution in [0, 0.1) is 0 Å². The normalized spacial score (nSPS) is 23.1. The highest BCUT2D eigenvalue weighted by Gasteiger charge is 2.22. The summed E-state index contributed by atoms with van der Waals surface area (Å²) < 4.78 is 1.22. The van der Waals surface area contributed by atoms with Gasteiger partial charge in [0.05, 0.1) is 3.79 Å². The summed E-state index contributed by atoms with van der Waals surface area (Å²) in [5, 5.41) is 2.22. The van der Waals surface area contributed by atoms with Crippen molar-refractivity contribution >= 4 is 27.3 Å². The lowest BCUT2D eigenvalue weighted by atomic mass is 10.2. The quantitative estimate of drug-likeness (QED) is 0.918. The van der Waals surface area contributed by atoms with E-state index < -0.39 is 0 Å². The van der Waals surface area contributed by atoms with E-state index in [2.05, 4.69) is 32.3 Å². The molecular formula is C10H15BrN2S. The molecule has 1 aliphatic heterocycles. The van der Waals surface area contributed by atoms with Crippen LogP contribution in [0.3, 0.4) is 0 Å². The molecule has 78 valence electrons. The average Bonchev–Trinajstić information content (AvgIpc) is 2.76. The fourth-order valence-corrected chi connectivity index (χ4v) is 3.23. The number of halogens is 1. The van der Waals surface area contributed by atoms with Crippen LogP contribution in [0.1, 0.15) is 18.4 Å². The zero-order valence-electron chi connectivity index (χ0n) is 8.08. The number of likely N-dealkylation sites (tertiary alicyclic amines) is 1. The minimum atomic E-state index is 0.605. The smallest absolute Gasteiger partial charge is 0.0701 e. The zero-order valence-corrected chi connectivity index (χ0v) is 10.5. The number of hydrogen-bond acceptors (Lipinski definition) is 3. The summed E-state index contributed by atoms with van der Waals surface area (Å²) in [6.45, 7) is 3.06. The Morgan fingerprint density at radius 3 is 3.14 bits per heavy atom. The van der Waals surface area contributed by atoms with Crippen LogP contribution in [0.5, 0.6) is 0 Å². The Kier molecular flexibility index (Phi) is 3.60. The van der Waals surface area contributed by atoms with Crippen molar-refractivity contribution in [3.8, 4) is 0 Å². The van der Waals surface area contributed by atoms with E-state index in [9.17, 15) is 0 Å². The molecule has 14 heavy (non-hydrogen) atoms. The molecule has 0 spiro atoms. The Labute approximate surface area is 97.2 Å². The SMILES string of the molecule is NCC1CCCN1Cc1csc(Br)c1. The number of nitrogens with two attached hydrogens (primary N) is 1. The predicted molar refractivity (Wildman–Crippen MR) is 64.5 cm³/mol. The molecule has 2 rings (SSSR count). The van der Waals surface area contributed by atoms with E-state index in [4.69, 9.17) is 5.73 Å². The maximum absolute atomic E-state index is 5.73. The Bertz CT molecular complexity index is 300. The molecular weight excluding hydrogens is 260 g/mol. The van der Waals surface area contributed by atoms with Crippen LogP contribution in [0.2, 0.25) is 0 Å². The maximum Gasteiger partial charge on any atom is 0.0701 e. The van der Waals surface area contributed by atoms with Gasteiger partial charge in [0.1, 0.15) is 0 Å². The van der Waals surface area contributed by atoms with Gasteiger partial charge in [-0.15, -0.1) is 11.3 Å². The molecule has 0 aromatic carbocycles. The van der Waals surface area contributed by atoms with Crippen LogP contribution >= 0.6 is 27.3 Å². The van der Waals surface area contributed by atoms with E-state index in [0.29, 0.717) is 6.04 Å². The first-order valence-corrected chi connectivity index (χ1v) is 6.64. The molecule has 0 radical (unpaired) electrons. The molecule has 1 aromatic rings. The standard InChI is InChI=1S/C10H15BrN2S/c11-10-4-8(7-14-10)6-13-3-1-2-9(13)5-12/h4,7,9H,1-3,5-6,12H2. The van der Waals surface area contributed by atoms with Crippen LogP contribution in [0.4, 0.5) is 0 Å². The van der Waals surface area contributed by atoms with Crippen molar-refractivity contribution in [1.29, 1.82) is 0 Å². The fraction of sp³-hybridized carbons (Fsp3) is 0.600. The summed E-state index contributed by atoms with van der Waals surface area (Å²) in [4.78, 5) is 2.49. The lowest BCUT2D eigenvalue weighted by Crippen LogP contribution is -2.34. The first-order chi connectivity index (χ1) is 6.79. The van der Waals surface area contributed by atoms with Gasteiger partial charge in [0.2, 0.25) is 0 Å². The second-order valence-electron chi connectivity index (χ2n) is 3.76. The first kappa shape index (κ1) is 10.6. The molecule has 4 heteroatoms. The summed E-state index contributed by atoms with van der Waals surface area (Å²) in [6.07, 6.45) is 2.56. The molecule has 1 aliphatic rings. The molecule has 1 fully saturated rings. The van der Waals surface area contributed by atoms with Gasteiger partial charge in [0.25, 0.3) is 0 Å².